The van der Waals surface area contributed by atoms with Gasteiger partial charge in [0, 0.05) is 18.9 Å². The number of hydrogen-bond donors (Lipinski definition) is 1. The van der Waals surface area contributed by atoms with Gasteiger partial charge in [-0.1, -0.05) is 16.7 Å². The molecule has 1 aliphatic rings. The van der Waals surface area contributed by atoms with Crippen molar-refractivity contribution in [3.63, 3.8) is 0 Å². The highest BCUT2D eigenvalue weighted by Crippen LogP contribution is 2.36. The highest BCUT2D eigenvalue weighted by atomic mass is 35.5. The van der Waals surface area contributed by atoms with Gasteiger partial charge in [0.05, 0.1) is 6.33 Å². The Kier molecular flexibility index (Phi) is 4.89. The van der Waals surface area contributed by atoms with E-state index in [4.69, 9.17) is 26.6 Å². The van der Waals surface area contributed by atoms with Gasteiger partial charge in [0.25, 0.3) is 0 Å². The lowest BCUT2D eigenvalue weighted by atomic mass is 10.1. The van der Waals surface area contributed by atoms with Crippen molar-refractivity contribution < 1.29 is 19.1 Å². The molecule has 0 bridgehead atoms. The summed E-state index contributed by atoms with van der Waals surface area (Å²) in [5.41, 5.74) is 9.47. The predicted molar refractivity (Wildman–Crippen MR) is 86.8 cm³/mol. The summed E-state index contributed by atoms with van der Waals surface area (Å²) in [6.45, 7) is 1.20. The molecule has 3 heterocycles. The molecule has 0 aliphatic carbocycles. The number of esters is 1. The third kappa shape index (κ3) is 3.01. The molecule has 2 aromatic rings. The summed E-state index contributed by atoms with van der Waals surface area (Å²) >= 11 is 5.99. The number of halogens is 1. The Hall–Kier alpha value is -2.95. The van der Waals surface area contributed by atoms with Crippen molar-refractivity contribution in [2.24, 2.45) is 5.11 Å². The van der Waals surface area contributed by atoms with E-state index < -0.39 is 36.4 Å². The van der Waals surface area contributed by atoms with E-state index in [1.54, 1.807) is 0 Å². The lowest BCUT2D eigenvalue weighted by Gasteiger charge is -2.21. The first kappa shape index (κ1) is 17.9. The van der Waals surface area contributed by atoms with Gasteiger partial charge in [-0.25, -0.2) is 15.0 Å². The lowest BCUT2D eigenvalue weighted by molar-refractivity contribution is -0.152. The summed E-state index contributed by atoms with van der Waals surface area (Å²) in [5, 5.41) is 6.14. The minimum absolute atomic E-state index is 0.130. The van der Waals surface area contributed by atoms with Gasteiger partial charge in [0.15, 0.2) is 29.2 Å². The molecule has 0 radical (unpaired) electrons. The molecule has 26 heavy (non-hydrogen) atoms. The predicted octanol–water partition coefficient (Wildman–Crippen LogP) is 0.734. The molecule has 1 N–H and O–H groups in total. The summed E-state index contributed by atoms with van der Waals surface area (Å²) in [4.78, 5) is 38.5. The van der Waals surface area contributed by atoms with Gasteiger partial charge in [-0.05, 0) is 5.53 Å². The molecule has 13 heteroatoms. The topological polar surface area (TPSA) is 157 Å². The molecule has 4 atom stereocenters. The Morgan fingerprint density at radius 2 is 2.23 bits per heavy atom. The van der Waals surface area contributed by atoms with Crippen molar-refractivity contribution in [3.05, 3.63) is 28.3 Å². The normalized spacial score (nSPS) is 24.9. The Bertz CT molecular complexity index is 911. The summed E-state index contributed by atoms with van der Waals surface area (Å²) in [5.74, 6) is -1.16. The van der Waals surface area contributed by atoms with E-state index in [-0.39, 0.29) is 5.15 Å². The van der Waals surface area contributed by atoms with Crippen LogP contribution in [0.4, 0.5) is 0 Å². The number of rotatable bonds is 4. The second-order valence-corrected chi connectivity index (χ2v) is 5.68. The lowest BCUT2D eigenvalue weighted by Crippen LogP contribution is -2.41. The van der Waals surface area contributed by atoms with Crippen molar-refractivity contribution >= 4 is 34.6 Å². The number of azide groups is 1. The van der Waals surface area contributed by atoms with Crippen LogP contribution >= 0.6 is 11.6 Å². The number of imidazole rings is 1. The highest BCUT2D eigenvalue weighted by molar-refractivity contribution is 6.33. The number of fused-ring (bicyclic) bond motifs is 1. The van der Waals surface area contributed by atoms with E-state index in [2.05, 4.69) is 30.3 Å². The number of aromatic nitrogens is 4. The number of hydrogen-bond acceptors (Lipinski definition) is 8. The zero-order chi connectivity index (χ0) is 18.8. The SMILES string of the molecule is CNC(=O)C1OC(n2cnc3c(Cl)ncnc32)C(OC(C)=O)C1N=[N+]=[N-]. The van der Waals surface area contributed by atoms with E-state index in [0.717, 1.165) is 0 Å². The molecule has 4 unspecified atom stereocenters. The fourth-order valence-electron chi connectivity index (χ4n) is 2.75. The van der Waals surface area contributed by atoms with Gasteiger partial charge in [-0.2, -0.15) is 0 Å². The average molecular weight is 381 g/mol. The maximum atomic E-state index is 12.1. The third-order valence-corrected chi connectivity index (χ3v) is 4.07. The molecule has 1 saturated heterocycles. The molecule has 2 aromatic heterocycles. The van der Waals surface area contributed by atoms with E-state index in [0.29, 0.717) is 11.2 Å². The number of nitrogens with zero attached hydrogens (tertiary/aromatic N) is 7. The van der Waals surface area contributed by atoms with Crippen LogP contribution in [0.3, 0.4) is 0 Å². The molecule has 1 fully saturated rings. The maximum absolute atomic E-state index is 12.1. The van der Waals surface area contributed by atoms with Gasteiger partial charge in [-0.15, -0.1) is 0 Å². The molecule has 1 amide bonds. The van der Waals surface area contributed by atoms with Crippen LogP contribution in [0.2, 0.25) is 5.15 Å². The van der Waals surface area contributed by atoms with Gasteiger partial charge in [-0.3, -0.25) is 14.2 Å². The van der Waals surface area contributed by atoms with Crippen molar-refractivity contribution in [2.45, 2.75) is 31.4 Å². The van der Waals surface area contributed by atoms with Gasteiger partial charge in [0.2, 0.25) is 5.91 Å². The van der Waals surface area contributed by atoms with E-state index in [1.165, 1.54) is 31.2 Å². The van der Waals surface area contributed by atoms with Crippen LogP contribution in [-0.4, -0.2) is 56.7 Å². The molecular formula is C13H13ClN8O4. The fraction of sp³-hybridized carbons (Fsp3) is 0.462. The van der Waals surface area contributed by atoms with E-state index in [9.17, 15) is 9.59 Å². The first-order valence-corrected chi connectivity index (χ1v) is 7.77. The zero-order valence-corrected chi connectivity index (χ0v) is 14.4. The quantitative estimate of drug-likeness (QED) is 0.269. The first-order valence-electron chi connectivity index (χ1n) is 7.39. The summed E-state index contributed by atoms with van der Waals surface area (Å²) in [7, 11) is 1.41. The molecule has 0 spiro atoms. The third-order valence-electron chi connectivity index (χ3n) is 3.79. The summed E-state index contributed by atoms with van der Waals surface area (Å²) in [6, 6.07) is -1.08. The Morgan fingerprint density at radius 3 is 2.88 bits per heavy atom. The molecule has 3 rings (SSSR count). The number of amides is 1. The number of carbonyl (C=O) groups is 2. The largest absolute Gasteiger partial charge is 0.457 e. The van der Waals surface area contributed by atoms with Crippen LogP contribution in [0.5, 0.6) is 0 Å². The van der Waals surface area contributed by atoms with Crippen molar-refractivity contribution in [2.75, 3.05) is 7.05 Å². The Morgan fingerprint density at radius 1 is 1.46 bits per heavy atom. The van der Waals surface area contributed by atoms with E-state index in [1.807, 2.05) is 0 Å². The second kappa shape index (κ2) is 7.12. The average Bonchev–Trinajstić information content (AvgIpc) is 3.17. The smallest absolute Gasteiger partial charge is 0.303 e. The second-order valence-electron chi connectivity index (χ2n) is 5.32. The molecule has 12 nitrogen and oxygen atoms in total. The van der Waals surface area contributed by atoms with Gasteiger partial charge < -0.3 is 14.8 Å². The molecule has 0 saturated carbocycles. The minimum Gasteiger partial charge on any atom is -0.457 e. The molecule has 136 valence electrons. The standard InChI is InChI=1S/C13H13ClN8O4/c1-5(23)25-9-6(20-21-15)8(12(24)16-2)26-13(9)22-4-19-7-10(14)17-3-18-11(7)22/h3-4,6,8-9,13H,1-2H3,(H,16,24). The zero-order valence-electron chi connectivity index (χ0n) is 13.6. The number of nitrogens with one attached hydrogen (secondary N) is 1. The Balaban J connectivity index is 2.10. The Labute approximate surface area is 151 Å². The number of ether oxygens (including phenoxy) is 2. The highest BCUT2D eigenvalue weighted by Gasteiger charge is 2.50. The van der Waals surface area contributed by atoms with Crippen LogP contribution in [-0.2, 0) is 19.1 Å². The van der Waals surface area contributed by atoms with Crippen LogP contribution in [0.25, 0.3) is 21.6 Å². The molecule has 0 aromatic carbocycles. The first-order chi connectivity index (χ1) is 12.5. The number of carbonyl (C=O) groups excluding carboxylic acids is 2. The van der Waals surface area contributed by atoms with Gasteiger partial charge in [0.1, 0.15) is 17.9 Å². The molecule has 1 aliphatic heterocycles. The number of likely N-dealkylation sites (N-methyl/N-ethyl adjacent to an activating group) is 1. The molecular weight excluding hydrogens is 368 g/mol. The summed E-state index contributed by atoms with van der Waals surface area (Å²) < 4.78 is 12.5. The maximum Gasteiger partial charge on any atom is 0.303 e. The van der Waals surface area contributed by atoms with Crippen LogP contribution in [0.15, 0.2) is 17.8 Å². The fourth-order valence-corrected chi connectivity index (χ4v) is 2.92. The minimum atomic E-state index is -1.17. The van der Waals surface area contributed by atoms with Crippen molar-refractivity contribution in [3.8, 4) is 0 Å². The monoisotopic (exact) mass is 380 g/mol. The van der Waals surface area contributed by atoms with Crippen molar-refractivity contribution in [1.82, 2.24) is 24.8 Å². The van der Waals surface area contributed by atoms with Crippen LogP contribution in [0, 0.1) is 0 Å². The van der Waals surface area contributed by atoms with Crippen LogP contribution < -0.4 is 5.32 Å². The van der Waals surface area contributed by atoms with E-state index >= 15 is 0 Å². The van der Waals surface area contributed by atoms with Crippen molar-refractivity contribution in [1.29, 1.82) is 0 Å². The van der Waals surface area contributed by atoms with Gasteiger partial charge >= 0.3 is 5.97 Å². The summed E-state index contributed by atoms with van der Waals surface area (Å²) in [6.07, 6.45) is -0.643. The van der Waals surface area contributed by atoms with Crippen LogP contribution in [0.1, 0.15) is 13.2 Å².